The molecule has 0 saturated carbocycles. The lowest BCUT2D eigenvalue weighted by molar-refractivity contribution is 0.0303. The Morgan fingerprint density at radius 2 is 1.69 bits per heavy atom. The first-order valence-corrected chi connectivity index (χ1v) is 10.1. The van der Waals surface area contributed by atoms with E-state index in [1.807, 2.05) is 6.07 Å². The molecule has 0 aliphatic carbocycles. The van der Waals surface area contributed by atoms with Crippen molar-refractivity contribution in [3.63, 3.8) is 0 Å². The van der Waals surface area contributed by atoms with Crippen LogP contribution in [0.2, 0.25) is 0 Å². The first-order valence-electron chi connectivity index (χ1n) is 10.1. The van der Waals surface area contributed by atoms with E-state index in [-0.39, 0.29) is 11.5 Å². The van der Waals surface area contributed by atoms with Crippen LogP contribution in [0.25, 0.3) is 32.9 Å². The van der Waals surface area contributed by atoms with Crippen molar-refractivity contribution < 1.29 is 23.1 Å². The van der Waals surface area contributed by atoms with Crippen LogP contribution in [0.3, 0.4) is 0 Å². The molecule has 1 saturated heterocycles. The number of rotatable bonds is 3. The predicted octanol–water partition coefficient (Wildman–Crippen LogP) is 3.84. The highest BCUT2D eigenvalue weighted by Crippen LogP contribution is 2.34. The smallest absolute Gasteiger partial charge is 0.254 e. The maximum Gasteiger partial charge on any atom is 0.254 e. The molecule has 4 aromatic rings. The minimum Gasteiger partial charge on any atom is -0.378 e. The number of carbonyl (C=O) groups is 2. The fourth-order valence-corrected chi connectivity index (χ4v) is 4.13. The summed E-state index contributed by atoms with van der Waals surface area (Å²) < 4.78 is 32.5. The second-order valence-corrected chi connectivity index (χ2v) is 7.73. The minimum absolute atomic E-state index is 0.0912. The van der Waals surface area contributed by atoms with Crippen molar-refractivity contribution in [1.82, 2.24) is 9.88 Å². The van der Waals surface area contributed by atoms with Gasteiger partial charge in [0.05, 0.1) is 24.3 Å². The van der Waals surface area contributed by atoms with E-state index in [1.165, 1.54) is 6.07 Å². The molecule has 3 N–H and O–H groups in total. The van der Waals surface area contributed by atoms with E-state index in [9.17, 15) is 18.4 Å². The van der Waals surface area contributed by atoms with Gasteiger partial charge in [0.1, 0.15) is 0 Å². The van der Waals surface area contributed by atoms with Gasteiger partial charge in [0.2, 0.25) is 0 Å². The van der Waals surface area contributed by atoms with Crippen LogP contribution in [0, 0.1) is 11.6 Å². The summed E-state index contributed by atoms with van der Waals surface area (Å²) in [6.45, 7) is 2.09. The van der Waals surface area contributed by atoms with Crippen LogP contribution in [0.4, 0.5) is 8.78 Å². The standard InChI is InChI=1S/C24H19F2N3O3/c25-19-4-2-13(11-20(19)26)15-9-17-16-3-1-14(24(31)29-5-7-32-8-6-29)12-21(16)28-22(17)18(10-15)23(27)30/h1-4,9-12,28H,5-8H2,(H2,27,30). The quantitative estimate of drug-likeness (QED) is 0.513. The van der Waals surface area contributed by atoms with Gasteiger partial charge in [-0.1, -0.05) is 12.1 Å². The van der Waals surface area contributed by atoms with Crippen molar-refractivity contribution in [2.45, 2.75) is 0 Å². The third-order valence-electron chi connectivity index (χ3n) is 5.77. The zero-order chi connectivity index (χ0) is 22.4. The molecule has 1 fully saturated rings. The second-order valence-electron chi connectivity index (χ2n) is 7.73. The summed E-state index contributed by atoms with van der Waals surface area (Å²) in [4.78, 5) is 30.0. The number of benzene rings is 3. The van der Waals surface area contributed by atoms with E-state index >= 15 is 0 Å². The Balaban J connectivity index is 1.65. The van der Waals surface area contributed by atoms with Crippen LogP contribution in [0.15, 0.2) is 48.5 Å². The molecule has 8 heteroatoms. The summed E-state index contributed by atoms with van der Waals surface area (Å²) in [5, 5.41) is 1.48. The van der Waals surface area contributed by atoms with E-state index in [0.29, 0.717) is 59.4 Å². The van der Waals surface area contributed by atoms with Crippen LogP contribution in [0.5, 0.6) is 0 Å². The number of amides is 2. The van der Waals surface area contributed by atoms with Gasteiger partial charge in [-0.15, -0.1) is 0 Å². The molecule has 0 atom stereocenters. The number of nitrogens with zero attached hydrogens (tertiary/aromatic N) is 1. The number of H-pyrrole nitrogens is 1. The number of aromatic nitrogens is 1. The molecule has 0 radical (unpaired) electrons. The zero-order valence-electron chi connectivity index (χ0n) is 17.0. The molecule has 2 amide bonds. The zero-order valence-corrected chi connectivity index (χ0v) is 17.0. The third-order valence-corrected chi connectivity index (χ3v) is 5.77. The molecular formula is C24H19F2N3O3. The Morgan fingerprint density at radius 1 is 0.906 bits per heavy atom. The van der Waals surface area contributed by atoms with Crippen LogP contribution in [-0.2, 0) is 4.74 Å². The highest BCUT2D eigenvalue weighted by atomic mass is 19.2. The predicted molar refractivity (Wildman–Crippen MR) is 116 cm³/mol. The van der Waals surface area contributed by atoms with Gasteiger partial charge in [-0.2, -0.15) is 0 Å². The van der Waals surface area contributed by atoms with E-state index in [2.05, 4.69) is 4.98 Å². The fraction of sp³-hybridized carbons (Fsp3) is 0.167. The van der Waals surface area contributed by atoms with Crippen LogP contribution in [0.1, 0.15) is 20.7 Å². The average Bonchev–Trinajstić information content (AvgIpc) is 3.18. The summed E-state index contributed by atoms with van der Waals surface area (Å²) in [7, 11) is 0. The normalized spacial score (nSPS) is 14.2. The maximum absolute atomic E-state index is 13.8. The first-order chi connectivity index (χ1) is 15.4. The molecule has 3 aromatic carbocycles. The van der Waals surface area contributed by atoms with Gasteiger partial charge >= 0.3 is 0 Å². The molecule has 6 nitrogen and oxygen atoms in total. The van der Waals surface area contributed by atoms with E-state index in [0.717, 1.165) is 17.5 Å². The summed E-state index contributed by atoms with van der Waals surface area (Å²) in [6.07, 6.45) is 0. The van der Waals surface area contributed by atoms with E-state index in [1.54, 1.807) is 29.2 Å². The number of carbonyl (C=O) groups excluding carboxylic acids is 2. The van der Waals surface area contributed by atoms with Crippen molar-refractivity contribution >= 4 is 33.6 Å². The lowest BCUT2D eigenvalue weighted by Crippen LogP contribution is -2.40. The molecule has 1 aliphatic rings. The van der Waals surface area contributed by atoms with Crippen molar-refractivity contribution in [2.75, 3.05) is 26.3 Å². The minimum atomic E-state index is -0.978. The van der Waals surface area contributed by atoms with Gasteiger partial charge in [0.25, 0.3) is 11.8 Å². The van der Waals surface area contributed by atoms with Crippen molar-refractivity contribution in [1.29, 1.82) is 0 Å². The Morgan fingerprint density at radius 3 is 2.41 bits per heavy atom. The van der Waals surface area contributed by atoms with Crippen molar-refractivity contribution in [3.05, 3.63) is 71.3 Å². The highest BCUT2D eigenvalue weighted by Gasteiger charge is 2.20. The molecule has 5 rings (SSSR count). The molecule has 1 aliphatic heterocycles. The highest BCUT2D eigenvalue weighted by molar-refractivity contribution is 6.17. The van der Waals surface area contributed by atoms with Crippen molar-refractivity contribution in [3.8, 4) is 11.1 Å². The largest absolute Gasteiger partial charge is 0.378 e. The number of ether oxygens (including phenoxy) is 1. The lowest BCUT2D eigenvalue weighted by Gasteiger charge is -2.26. The number of primary amides is 1. The Kier molecular flexibility index (Phi) is 4.86. The number of nitrogens with one attached hydrogen (secondary N) is 1. The molecule has 0 unspecified atom stereocenters. The topological polar surface area (TPSA) is 88.4 Å². The first kappa shape index (κ1) is 20.1. The SMILES string of the molecule is NC(=O)c1cc(-c2ccc(F)c(F)c2)cc2c1[nH]c1cc(C(=O)N3CCOCC3)ccc12. The van der Waals surface area contributed by atoms with Crippen LogP contribution < -0.4 is 5.73 Å². The summed E-state index contributed by atoms with van der Waals surface area (Å²) in [5.74, 6) is -2.68. The van der Waals surface area contributed by atoms with Gasteiger partial charge in [-0.05, 0) is 47.5 Å². The Labute approximate surface area is 181 Å². The monoisotopic (exact) mass is 435 g/mol. The average molecular weight is 435 g/mol. The van der Waals surface area contributed by atoms with Gasteiger partial charge in [0.15, 0.2) is 11.6 Å². The number of hydrogen-bond donors (Lipinski definition) is 2. The van der Waals surface area contributed by atoms with Crippen LogP contribution in [-0.4, -0.2) is 48.0 Å². The molecule has 162 valence electrons. The van der Waals surface area contributed by atoms with E-state index < -0.39 is 17.5 Å². The molecule has 2 heterocycles. The van der Waals surface area contributed by atoms with Crippen molar-refractivity contribution in [2.24, 2.45) is 5.73 Å². The Hall–Kier alpha value is -3.78. The molecular weight excluding hydrogens is 416 g/mol. The molecule has 1 aromatic heterocycles. The van der Waals surface area contributed by atoms with Gasteiger partial charge in [-0.3, -0.25) is 9.59 Å². The number of fused-ring (bicyclic) bond motifs is 3. The maximum atomic E-state index is 13.8. The molecule has 0 bridgehead atoms. The number of aromatic amines is 1. The number of halogens is 2. The van der Waals surface area contributed by atoms with Crippen LogP contribution >= 0.6 is 0 Å². The molecule has 0 spiro atoms. The second kappa shape index (κ2) is 7.72. The fourth-order valence-electron chi connectivity index (χ4n) is 4.13. The van der Waals surface area contributed by atoms with Gasteiger partial charge in [-0.25, -0.2) is 8.78 Å². The van der Waals surface area contributed by atoms with Gasteiger partial charge in [0, 0.05) is 34.9 Å². The summed E-state index contributed by atoms with van der Waals surface area (Å²) >= 11 is 0. The molecule has 32 heavy (non-hydrogen) atoms. The number of hydrogen-bond acceptors (Lipinski definition) is 3. The third kappa shape index (κ3) is 3.38. The summed E-state index contributed by atoms with van der Waals surface area (Å²) in [5.41, 5.74) is 8.49. The summed E-state index contributed by atoms with van der Waals surface area (Å²) in [6, 6.07) is 12.2. The lowest BCUT2D eigenvalue weighted by atomic mass is 9.98. The van der Waals surface area contributed by atoms with E-state index in [4.69, 9.17) is 10.5 Å². The number of nitrogens with two attached hydrogens (primary N) is 1. The number of morpholine rings is 1. The Bertz CT molecular complexity index is 1390. The van der Waals surface area contributed by atoms with Gasteiger partial charge < -0.3 is 20.4 Å².